The van der Waals surface area contributed by atoms with Gasteiger partial charge in [-0.15, -0.1) is 0 Å². The van der Waals surface area contributed by atoms with E-state index in [0.717, 1.165) is 30.3 Å². The van der Waals surface area contributed by atoms with Crippen molar-refractivity contribution in [2.45, 2.75) is 13.0 Å². The van der Waals surface area contributed by atoms with Crippen LogP contribution in [0.5, 0.6) is 5.75 Å². The first-order valence-corrected chi connectivity index (χ1v) is 7.36. The van der Waals surface area contributed by atoms with Crippen LogP contribution in [0.2, 0.25) is 0 Å². The number of nitrogens with one attached hydrogen (secondary N) is 1. The van der Waals surface area contributed by atoms with E-state index in [2.05, 4.69) is 41.7 Å². The summed E-state index contributed by atoms with van der Waals surface area (Å²) in [5.41, 5.74) is 5.47. The summed E-state index contributed by atoms with van der Waals surface area (Å²) in [6.07, 6.45) is 1.08. The second-order valence-corrected chi connectivity index (χ2v) is 5.62. The lowest BCUT2D eigenvalue weighted by Gasteiger charge is -2.20. The first-order valence-electron chi connectivity index (χ1n) is 7.36. The monoisotopic (exact) mass is 275 g/mol. The lowest BCUT2D eigenvalue weighted by molar-refractivity contribution is 0.476. The van der Waals surface area contributed by atoms with E-state index in [4.69, 9.17) is 0 Å². The maximum Gasteiger partial charge on any atom is 0.116 e. The molecule has 0 aliphatic carbocycles. The molecule has 1 aliphatic heterocycles. The van der Waals surface area contributed by atoms with Gasteiger partial charge >= 0.3 is 0 Å². The number of fused-ring (bicyclic) bond motifs is 2. The van der Waals surface area contributed by atoms with E-state index in [1.807, 2.05) is 12.1 Å². The number of aromatic hydroxyl groups is 1. The summed E-state index contributed by atoms with van der Waals surface area (Å²) in [4.78, 5) is 0. The predicted molar refractivity (Wildman–Crippen MR) is 86.5 cm³/mol. The molecule has 0 saturated heterocycles. The van der Waals surface area contributed by atoms with Crippen LogP contribution in [-0.4, -0.2) is 11.7 Å². The van der Waals surface area contributed by atoms with Crippen molar-refractivity contribution < 1.29 is 5.11 Å². The smallest absolute Gasteiger partial charge is 0.116 e. The van der Waals surface area contributed by atoms with Gasteiger partial charge in [0.15, 0.2) is 0 Å². The molecule has 2 nitrogen and oxygen atoms in total. The molecule has 0 fully saturated rings. The first-order chi connectivity index (χ1) is 10.3. The number of rotatable bonds is 1. The van der Waals surface area contributed by atoms with Gasteiger partial charge in [0.1, 0.15) is 5.75 Å². The second kappa shape index (κ2) is 4.90. The van der Waals surface area contributed by atoms with Crippen LogP contribution in [0.3, 0.4) is 0 Å². The molecule has 21 heavy (non-hydrogen) atoms. The molecule has 4 rings (SSSR count). The standard InChI is InChI=1S/C19H17NO/c21-17-7-6-13-10-15(5-4-14(13)11-17)18-3-1-2-16-12-20-9-8-19(16)18/h1-7,10-11,20-21H,8-9,12H2. The molecule has 0 spiro atoms. The highest BCUT2D eigenvalue weighted by molar-refractivity contribution is 5.89. The van der Waals surface area contributed by atoms with E-state index < -0.39 is 0 Å². The molecule has 3 aromatic carbocycles. The molecule has 0 unspecified atom stereocenters. The maximum atomic E-state index is 9.57. The van der Waals surface area contributed by atoms with E-state index >= 15 is 0 Å². The normalized spacial score (nSPS) is 14.1. The number of hydrogen-bond acceptors (Lipinski definition) is 2. The zero-order valence-corrected chi connectivity index (χ0v) is 11.8. The van der Waals surface area contributed by atoms with Gasteiger partial charge in [0.25, 0.3) is 0 Å². The van der Waals surface area contributed by atoms with Crippen molar-refractivity contribution in [1.29, 1.82) is 0 Å². The van der Waals surface area contributed by atoms with Crippen molar-refractivity contribution in [2.24, 2.45) is 0 Å². The Morgan fingerprint density at radius 3 is 2.71 bits per heavy atom. The van der Waals surface area contributed by atoms with Crippen molar-refractivity contribution in [1.82, 2.24) is 5.32 Å². The number of phenolic OH excluding ortho intramolecular Hbond substituents is 1. The van der Waals surface area contributed by atoms with Gasteiger partial charge < -0.3 is 10.4 Å². The van der Waals surface area contributed by atoms with Crippen LogP contribution >= 0.6 is 0 Å². The molecular formula is C19H17NO. The Kier molecular flexibility index (Phi) is 2.90. The molecule has 0 radical (unpaired) electrons. The topological polar surface area (TPSA) is 32.3 Å². The molecule has 2 heteroatoms. The van der Waals surface area contributed by atoms with Crippen LogP contribution < -0.4 is 5.32 Å². The van der Waals surface area contributed by atoms with Crippen molar-refractivity contribution in [3.05, 3.63) is 65.7 Å². The molecular weight excluding hydrogens is 258 g/mol. The van der Waals surface area contributed by atoms with Crippen molar-refractivity contribution in [3.63, 3.8) is 0 Å². The van der Waals surface area contributed by atoms with Crippen molar-refractivity contribution >= 4 is 10.8 Å². The Bertz CT molecular complexity index is 823. The summed E-state index contributed by atoms with van der Waals surface area (Å²) in [5.74, 6) is 0.318. The van der Waals surface area contributed by atoms with Crippen LogP contribution in [0, 0.1) is 0 Å². The molecule has 104 valence electrons. The highest BCUT2D eigenvalue weighted by Gasteiger charge is 2.13. The highest BCUT2D eigenvalue weighted by Crippen LogP contribution is 2.31. The van der Waals surface area contributed by atoms with Crippen LogP contribution in [0.1, 0.15) is 11.1 Å². The zero-order valence-electron chi connectivity index (χ0n) is 11.8. The number of phenols is 1. The molecule has 3 aromatic rings. The van der Waals surface area contributed by atoms with Gasteiger partial charge in [-0.05, 0) is 64.2 Å². The fourth-order valence-electron chi connectivity index (χ4n) is 3.20. The molecule has 1 aliphatic rings. The zero-order chi connectivity index (χ0) is 14.2. The van der Waals surface area contributed by atoms with Gasteiger partial charge in [0.05, 0.1) is 0 Å². The Balaban J connectivity index is 1.88. The molecule has 0 atom stereocenters. The molecule has 2 N–H and O–H groups in total. The summed E-state index contributed by atoms with van der Waals surface area (Å²) in [5, 5.41) is 15.2. The average Bonchev–Trinajstić information content (AvgIpc) is 2.54. The van der Waals surface area contributed by atoms with Crippen molar-refractivity contribution in [2.75, 3.05) is 6.54 Å². The number of hydrogen-bond donors (Lipinski definition) is 2. The lowest BCUT2D eigenvalue weighted by atomic mass is 9.90. The van der Waals surface area contributed by atoms with Crippen LogP contribution in [0.4, 0.5) is 0 Å². The number of benzene rings is 3. The van der Waals surface area contributed by atoms with Gasteiger partial charge in [-0.3, -0.25) is 0 Å². The third-order valence-corrected chi connectivity index (χ3v) is 4.28. The minimum Gasteiger partial charge on any atom is -0.508 e. The molecule has 0 saturated carbocycles. The van der Waals surface area contributed by atoms with Gasteiger partial charge in [-0.1, -0.05) is 36.4 Å². The van der Waals surface area contributed by atoms with E-state index in [9.17, 15) is 5.11 Å². The maximum absolute atomic E-state index is 9.57. The van der Waals surface area contributed by atoms with Crippen molar-refractivity contribution in [3.8, 4) is 16.9 Å². The fourth-order valence-corrected chi connectivity index (χ4v) is 3.20. The average molecular weight is 275 g/mol. The SMILES string of the molecule is Oc1ccc2cc(-c3cccc4c3CCNC4)ccc2c1. The Morgan fingerprint density at radius 2 is 1.76 bits per heavy atom. The van der Waals surface area contributed by atoms with Gasteiger partial charge in [0, 0.05) is 6.54 Å². The Labute approximate surface area is 124 Å². The van der Waals surface area contributed by atoms with E-state index in [-0.39, 0.29) is 0 Å². The minimum atomic E-state index is 0.318. The first kappa shape index (κ1) is 12.4. The molecule has 1 heterocycles. The summed E-state index contributed by atoms with van der Waals surface area (Å²) < 4.78 is 0. The van der Waals surface area contributed by atoms with Crippen LogP contribution in [0.25, 0.3) is 21.9 Å². The molecule has 0 amide bonds. The predicted octanol–water partition coefficient (Wildman–Crippen LogP) is 3.86. The van der Waals surface area contributed by atoms with Crippen LogP contribution in [-0.2, 0) is 13.0 Å². The van der Waals surface area contributed by atoms with E-state index in [0.29, 0.717) is 5.75 Å². The summed E-state index contributed by atoms with van der Waals surface area (Å²) in [6, 6.07) is 18.6. The van der Waals surface area contributed by atoms with Gasteiger partial charge in [-0.2, -0.15) is 0 Å². The minimum absolute atomic E-state index is 0.318. The summed E-state index contributed by atoms with van der Waals surface area (Å²) in [7, 11) is 0. The van der Waals surface area contributed by atoms with Gasteiger partial charge in [-0.25, -0.2) is 0 Å². The fraction of sp³-hybridized carbons (Fsp3) is 0.158. The lowest BCUT2D eigenvalue weighted by Crippen LogP contribution is -2.23. The summed E-state index contributed by atoms with van der Waals surface area (Å²) >= 11 is 0. The third-order valence-electron chi connectivity index (χ3n) is 4.28. The molecule has 0 aromatic heterocycles. The van der Waals surface area contributed by atoms with Crippen LogP contribution in [0.15, 0.2) is 54.6 Å². The highest BCUT2D eigenvalue weighted by atomic mass is 16.3. The van der Waals surface area contributed by atoms with E-state index in [1.54, 1.807) is 6.07 Å². The van der Waals surface area contributed by atoms with Gasteiger partial charge in [0.2, 0.25) is 0 Å². The quantitative estimate of drug-likeness (QED) is 0.707. The third kappa shape index (κ3) is 2.18. The second-order valence-electron chi connectivity index (χ2n) is 5.62. The largest absolute Gasteiger partial charge is 0.508 e. The van der Waals surface area contributed by atoms with E-state index in [1.165, 1.54) is 22.3 Å². The Morgan fingerprint density at radius 1 is 0.905 bits per heavy atom. The molecule has 0 bridgehead atoms. The summed E-state index contributed by atoms with van der Waals surface area (Å²) in [6.45, 7) is 2.01. The Hall–Kier alpha value is -2.32.